The van der Waals surface area contributed by atoms with E-state index in [1.165, 1.54) is 6.42 Å². The normalized spacial score (nSPS) is 22.1. The average Bonchev–Trinajstić information content (AvgIpc) is 2.92. The monoisotopic (exact) mass is 579 g/mol. The number of nitrogens with one attached hydrogen (secondary N) is 1. The molecule has 38 heavy (non-hydrogen) atoms. The van der Waals surface area contributed by atoms with Crippen molar-refractivity contribution in [3.05, 3.63) is 80.6 Å². The smallest absolute Gasteiger partial charge is 0.337 e. The predicted molar refractivity (Wildman–Crippen MR) is 149 cm³/mol. The molecule has 0 spiro atoms. The molecule has 0 saturated heterocycles. The number of allylic oxidation sites excluding steroid dienone is 3. The SMILES string of the molecule is COc1ccc([C@H]2CC(=O)C3=C(C2)NC(C)=C(C(=O)OC2CCCCC2)[C@H]3c2ccc(OC)c(Br)c2)cc1. The van der Waals surface area contributed by atoms with Crippen molar-refractivity contribution in [2.45, 2.75) is 69.8 Å². The van der Waals surface area contributed by atoms with E-state index in [-0.39, 0.29) is 23.8 Å². The van der Waals surface area contributed by atoms with Gasteiger partial charge in [0.05, 0.1) is 24.3 Å². The first-order valence-electron chi connectivity index (χ1n) is 13.3. The summed E-state index contributed by atoms with van der Waals surface area (Å²) in [5.74, 6) is 0.734. The zero-order valence-electron chi connectivity index (χ0n) is 22.1. The predicted octanol–water partition coefficient (Wildman–Crippen LogP) is 6.70. The molecular formula is C31H34BrNO5. The third kappa shape index (κ3) is 5.26. The summed E-state index contributed by atoms with van der Waals surface area (Å²) in [6.45, 7) is 1.91. The Morgan fingerprint density at radius 1 is 0.947 bits per heavy atom. The van der Waals surface area contributed by atoms with Gasteiger partial charge in [0, 0.05) is 29.3 Å². The summed E-state index contributed by atoms with van der Waals surface area (Å²) >= 11 is 3.60. The van der Waals surface area contributed by atoms with Crippen molar-refractivity contribution in [2.24, 2.45) is 0 Å². The molecule has 2 aromatic rings. The number of hydrogen-bond donors (Lipinski definition) is 1. The number of carbonyl (C=O) groups is 2. The molecule has 1 N–H and O–H groups in total. The number of ketones is 1. The van der Waals surface area contributed by atoms with Crippen molar-refractivity contribution >= 4 is 27.7 Å². The topological polar surface area (TPSA) is 73.9 Å². The van der Waals surface area contributed by atoms with Crippen LogP contribution in [0.1, 0.15) is 74.8 Å². The molecule has 1 fully saturated rings. The van der Waals surface area contributed by atoms with Crippen LogP contribution in [0.3, 0.4) is 0 Å². The van der Waals surface area contributed by atoms with E-state index in [2.05, 4.69) is 21.2 Å². The minimum absolute atomic E-state index is 0.0476. The Hall–Kier alpha value is -3.06. The second kappa shape index (κ2) is 11.4. The maximum absolute atomic E-state index is 13.9. The Labute approximate surface area is 232 Å². The van der Waals surface area contributed by atoms with Gasteiger partial charge in [-0.2, -0.15) is 0 Å². The van der Waals surface area contributed by atoms with Gasteiger partial charge in [-0.1, -0.05) is 24.6 Å². The summed E-state index contributed by atoms with van der Waals surface area (Å²) in [5, 5.41) is 3.45. The molecule has 2 aliphatic carbocycles. The van der Waals surface area contributed by atoms with Gasteiger partial charge in [0.25, 0.3) is 0 Å². The summed E-state index contributed by atoms with van der Waals surface area (Å²) in [7, 11) is 3.26. The molecule has 0 radical (unpaired) electrons. The molecule has 1 heterocycles. The van der Waals surface area contributed by atoms with Crippen LogP contribution in [0.15, 0.2) is 69.5 Å². The number of Topliss-reactive ketones (excluding diaryl/α,β-unsaturated/α-hetero) is 1. The number of ether oxygens (including phenoxy) is 3. The van der Waals surface area contributed by atoms with Crippen molar-refractivity contribution < 1.29 is 23.8 Å². The molecule has 0 unspecified atom stereocenters. The molecule has 5 rings (SSSR count). The van der Waals surface area contributed by atoms with Gasteiger partial charge in [-0.3, -0.25) is 4.79 Å². The lowest BCUT2D eigenvalue weighted by atomic mass is 9.71. The zero-order chi connectivity index (χ0) is 26.8. The van der Waals surface area contributed by atoms with E-state index >= 15 is 0 Å². The van der Waals surface area contributed by atoms with E-state index in [0.717, 1.165) is 58.4 Å². The summed E-state index contributed by atoms with van der Waals surface area (Å²) < 4.78 is 17.6. The lowest BCUT2D eigenvalue weighted by molar-refractivity contribution is -0.146. The van der Waals surface area contributed by atoms with Crippen LogP contribution in [-0.4, -0.2) is 32.1 Å². The van der Waals surface area contributed by atoms with Crippen molar-refractivity contribution in [3.8, 4) is 11.5 Å². The van der Waals surface area contributed by atoms with Crippen LogP contribution in [0, 0.1) is 0 Å². The fraction of sp³-hybridized carbons (Fsp3) is 0.419. The highest BCUT2D eigenvalue weighted by Gasteiger charge is 2.42. The van der Waals surface area contributed by atoms with Gasteiger partial charge in [0.2, 0.25) is 0 Å². The third-order valence-corrected chi connectivity index (χ3v) is 8.59. The largest absolute Gasteiger partial charge is 0.497 e. The number of hydrogen-bond acceptors (Lipinski definition) is 6. The first-order chi connectivity index (χ1) is 18.4. The third-order valence-electron chi connectivity index (χ3n) is 7.97. The van der Waals surface area contributed by atoms with Gasteiger partial charge in [0.1, 0.15) is 17.6 Å². The Balaban J connectivity index is 1.53. The first-order valence-corrected chi connectivity index (χ1v) is 14.1. The summed E-state index contributed by atoms with van der Waals surface area (Å²) in [5.41, 5.74) is 4.75. The molecule has 6 nitrogen and oxygen atoms in total. The van der Waals surface area contributed by atoms with Crippen LogP contribution in [0.5, 0.6) is 11.5 Å². The molecule has 0 amide bonds. The van der Waals surface area contributed by atoms with Crippen LogP contribution >= 0.6 is 15.9 Å². The molecule has 3 aliphatic rings. The van der Waals surface area contributed by atoms with Gasteiger partial charge in [-0.15, -0.1) is 0 Å². The lowest BCUT2D eigenvalue weighted by Crippen LogP contribution is -2.37. The molecule has 200 valence electrons. The van der Waals surface area contributed by atoms with E-state index in [1.54, 1.807) is 14.2 Å². The van der Waals surface area contributed by atoms with Gasteiger partial charge in [-0.05, 0) is 96.3 Å². The highest BCUT2D eigenvalue weighted by atomic mass is 79.9. The Morgan fingerprint density at radius 2 is 1.66 bits per heavy atom. The van der Waals surface area contributed by atoms with Crippen LogP contribution in [0.2, 0.25) is 0 Å². The van der Waals surface area contributed by atoms with Gasteiger partial charge < -0.3 is 19.5 Å². The van der Waals surface area contributed by atoms with Crippen molar-refractivity contribution in [3.63, 3.8) is 0 Å². The van der Waals surface area contributed by atoms with E-state index in [1.807, 2.05) is 49.4 Å². The van der Waals surface area contributed by atoms with E-state index < -0.39 is 5.92 Å². The Morgan fingerprint density at radius 3 is 2.32 bits per heavy atom. The minimum Gasteiger partial charge on any atom is -0.497 e. The van der Waals surface area contributed by atoms with Crippen LogP contribution in [0.25, 0.3) is 0 Å². The highest BCUT2D eigenvalue weighted by Crippen LogP contribution is 2.47. The van der Waals surface area contributed by atoms with Crippen molar-refractivity contribution in [2.75, 3.05) is 14.2 Å². The number of benzene rings is 2. The van der Waals surface area contributed by atoms with Gasteiger partial charge >= 0.3 is 5.97 Å². The number of rotatable bonds is 6. The second-order valence-electron chi connectivity index (χ2n) is 10.3. The average molecular weight is 581 g/mol. The molecule has 2 aromatic carbocycles. The van der Waals surface area contributed by atoms with E-state index in [0.29, 0.717) is 29.7 Å². The summed E-state index contributed by atoms with van der Waals surface area (Å²) in [4.78, 5) is 27.6. The fourth-order valence-corrected chi connectivity index (χ4v) is 6.57. The van der Waals surface area contributed by atoms with Crippen LogP contribution in [-0.2, 0) is 14.3 Å². The standard InChI is InChI=1S/C31H34BrNO5/c1-18-28(31(35)38-23-7-5-4-6-8-23)29(20-11-14-27(37-3)24(32)15-20)30-25(33-18)16-21(17-26(30)34)19-9-12-22(36-2)13-10-19/h9-15,21,23,29,33H,4-8,16-17H2,1-3H3/t21-,29-/m1/s1. The highest BCUT2D eigenvalue weighted by molar-refractivity contribution is 9.10. The number of dihydropyridines is 1. The zero-order valence-corrected chi connectivity index (χ0v) is 23.7. The quantitative estimate of drug-likeness (QED) is 0.384. The molecule has 1 aliphatic heterocycles. The molecule has 0 bridgehead atoms. The van der Waals surface area contributed by atoms with Crippen LogP contribution in [0.4, 0.5) is 0 Å². The molecule has 2 atom stereocenters. The number of carbonyl (C=O) groups excluding carboxylic acids is 2. The maximum atomic E-state index is 13.9. The number of halogens is 1. The number of methoxy groups -OCH3 is 2. The maximum Gasteiger partial charge on any atom is 0.337 e. The second-order valence-corrected chi connectivity index (χ2v) is 11.2. The molecule has 0 aromatic heterocycles. The molecular weight excluding hydrogens is 546 g/mol. The molecule has 7 heteroatoms. The molecule has 1 saturated carbocycles. The minimum atomic E-state index is -0.506. The summed E-state index contributed by atoms with van der Waals surface area (Å²) in [6.07, 6.45) is 6.10. The van der Waals surface area contributed by atoms with Crippen molar-refractivity contribution in [1.82, 2.24) is 5.32 Å². The van der Waals surface area contributed by atoms with Crippen LogP contribution < -0.4 is 14.8 Å². The number of esters is 1. The Bertz CT molecular complexity index is 1290. The van der Waals surface area contributed by atoms with E-state index in [9.17, 15) is 9.59 Å². The van der Waals surface area contributed by atoms with Crippen molar-refractivity contribution in [1.29, 1.82) is 0 Å². The fourth-order valence-electron chi connectivity index (χ4n) is 6.01. The first kappa shape index (κ1) is 26.5. The van der Waals surface area contributed by atoms with Gasteiger partial charge in [0.15, 0.2) is 5.78 Å². The Kier molecular flexibility index (Phi) is 7.93. The van der Waals surface area contributed by atoms with E-state index in [4.69, 9.17) is 14.2 Å². The summed E-state index contributed by atoms with van der Waals surface area (Å²) in [6, 6.07) is 13.7. The van der Waals surface area contributed by atoms with Gasteiger partial charge in [-0.25, -0.2) is 4.79 Å². The lowest BCUT2D eigenvalue weighted by Gasteiger charge is -2.37.